The first kappa shape index (κ1) is 15.3. The molecule has 3 nitrogen and oxygen atoms in total. The molecule has 0 radical (unpaired) electrons. The number of piperidine rings is 1. The summed E-state index contributed by atoms with van der Waals surface area (Å²) < 4.78 is 0. The predicted octanol–water partition coefficient (Wildman–Crippen LogP) is 4.12. The lowest BCUT2D eigenvalue weighted by Gasteiger charge is -2.40. The largest absolute Gasteiger partial charge is 0.481 e. The SMILES string of the molecule is CCC(c1cccc(Cl)c1)N1CCCCC1CC(=O)O. The van der Waals surface area contributed by atoms with Crippen LogP contribution in [0.25, 0.3) is 0 Å². The maximum Gasteiger partial charge on any atom is 0.304 e. The molecule has 1 aliphatic heterocycles. The van der Waals surface area contributed by atoms with E-state index in [4.69, 9.17) is 16.7 Å². The Morgan fingerprint density at radius 1 is 1.50 bits per heavy atom. The van der Waals surface area contributed by atoms with Crippen LogP contribution in [0, 0.1) is 0 Å². The summed E-state index contributed by atoms with van der Waals surface area (Å²) in [6.45, 7) is 3.13. The Morgan fingerprint density at radius 2 is 2.30 bits per heavy atom. The summed E-state index contributed by atoms with van der Waals surface area (Å²) >= 11 is 6.09. The Morgan fingerprint density at radius 3 is 2.95 bits per heavy atom. The number of halogens is 1. The number of likely N-dealkylation sites (tertiary alicyclic amines) is 1. The monoisotopic (exact) mass is 295 g/mol. The van der Waals surface area contributed by atoms with Crippen LogP contribution >= 0.6 is 11.6 Å². The lowest BCUT2D eigenvalue weighted by molar-refractivity contribution is -0.139. The van der Waals surface area contributed by atoms with E-state index in [9.17, 15) is 4.79 Å². The van der Waals surface area contributed by atoms with Crippen molar-refractivity contribution in [3.8, 4) is 0 Å². The third-order valence-electron chi connectivity index (χ3n) is 4.10. The minimum Gasteiger partial charge on any atom is -0.481 e. The number of aliphatic carboxylic acids is 1. The van der Waals surface area contributed by atoms with E-state index in [-0.39, 0.29) is 18.5 Å². The van der Waals surface area contributed by atoms with Gasteiger partial charge in [0.15, 0.2) is 0 Å². The molecular formula is C16H22ClNO2. The minimum atomic E-state index is -0.706. The van der Waals surface area contributed by atoms with Gasteiger partial charge < -0.3 is 5.11 Å². The molecule has 1 saturated heterocycles. The van der Waals surface area contributed by atoms with Crippen LogP contribution in [0.3, 0.4) is 0 Å². The molecule has 2 unspecified atom stereocenters. The number of nitrogens with zero attached hydrogens (tertiary/aromatic N) is 1. The van der Waals surface area contributed by atoms with Gasteiger partial charge in [0.2, 0.25) is 0 Å². The van der Waals surface area contributed by atoms with Gasteiger partial charge in [0.1, 0.15) is 0 Å². The Balaban J connectivity index is 2.21. The van der Waals surface area contributed by atoms with E-state index in [0.717, 1.165) is 37.3 Å². The summed E-state index contributed by atoms with van der Waals surface area (Å²) in [5, 5.41) is 9.85. The fourth-order valence-electron chi connectivity index (χ4n) is 3.23. The maximum atomic E-state index is 11.1. The summed E-state index contributed by atoms with van der Waals surface area (Å²) in [6, 6.07) is 8.34. The Hall–Kier alpha value is -1.06. The van der Waals surface area contributed by atoms with Gasteiger partial charge in [0.25, 0.3) is 0 Å². The molecule has 0 amide bonds. The highest BCUT2D eigenvalue weighted by Crippen LogP contribution is 2.33. The van der Waals surface area contributed by atoms with E-state index in [0.29, 0.717) is 0 Å². The number of benzene rings is 1. The van der Waals surface area contributed by atoms with Gasteiger partial charge in [-0.1, -0.05) is 37.1 Å². The van der Waals surface area contributed by atoms with Crippen molar-refractivity contribution in [2.75, 3.05) is 6.54 Å². The van der Waals surface area contributed by atoms with E-state index in [1.807, 2.05) is 18.2 Å². The second-order valence-electron chi connectivity index (χ2n) is 5.46. The van der Waals surface area contributed by atoms with Crippen molar-refractivity contribution < 1.29 is 9.90 Å². The molecule has 0 aliphatic carbocycles. The molecule has 1 aromatic rings. The summed E-state index contributed by atoms with van der Waals surface area (Å²) in [5.41, 5.74) is 1.19. The molecule has 1 fully saturated rings. The van der Waals surface area contributed by atoms with E-state index >= 15 is 0 Å². The van der Waals surface area contributed by atoms with Gasteiger partial charge in [-0.3, -0.25) is 9.69 Å². The molecule has 4 heteroatoms. The van der Waals surface area contributed by atoms with Gasteiger partial charge in [-0.05, 0) is 43.5 Å². The van der Waals surface area contributed by atoms with Crippen LogP contribution < -0.4 is 0 Å². The van der Waals surface area contributed by atoms with Crippen molar-refractivity contribution in [3.63, 3.8) is 0 Å². The van der Waals surface area contributed by atoms with E-state index in [1.54, 1.807) is 0 Å². The summed E-state index contributed by atoms with van der Waals surface area (Å²) in [5.74, 6) is -0.706. The molecule has 1 aliphatic rings. The summed E-state index contributed by atoms with van der Waals surface area (Å²) in [6.07, 6.45) is 4.45. The van der Waals surface area contributed by atoms with Gasteiger partial charge >= 0.3 is 5.97 Å². The molecule has 0 aromatic heterocycles. The van der Waals surface area contributed by atoms with Gasteiger partial charge in [0, 0.05) is 17.1 Å². The van der Waals surface area contributed by atoms with Crippen LogP contribution in [0.4, 0.5) is 0 Å². The Labute approximate surface area is 125 Å². The van der Waals surface area contributed by atoms with Crippen LogP contribution in [0.15, 0.2) is 24.3 Å². The highest BCUT2D eigenvalue weighted by atomic mass is 35.5. The lowest BCUT2D eigenvalue weighted by atomic mass is 9.93. The normalized spacial score (nSPS) is 21.6. The molecule has 2 atom stereocenters. The molecule has 0 spiro atoms. The molecule has 2 rings (SSSR count). The first-order chi connectivity index (χ1) is 9.61. The van der Waals surface area contributed by atoms with E-state index in [1.165, 1.54) is 5.56 Å². The fraction of sp³-hybridized carbons (Fsp3) is 0.562. The van der Waals surface area contributed by atoms with E-state index < -0.39 is 5.97 Å². The third kappa shape index (κ3) is 3.74. The maximum absolute atomic E-state index is 11.1. The zero-order valence-electron chi connectivity index (χ0n) is 11.9. The highest BCUT2D eigenvalue weighted by molar-refractivity contribution is 6.30. The first-order valence-corrected chi connectivity index (χ1v) is 7.72. The lowest BCUT2D eigenvalue weighted by Crippen LogP contribution is -2.43. The first-order valence-electron chi connectivity index (χ1n) is 7.34. The van der Waals surface area contributed by atoms with Crippen LogP contribution in [-0.2, 0) is 4.79 Å². The molecule has 1 heterocycles. The van der Waals surface area contributed by atoms with Crippen LogP contribution in [-0.4, -0.2) is 28.6 Å². The van der Waals surface area contributed by atoms with E-state index in [2.05, 4.69) is 17.9 Å². The number of carboxylic acids is 1. The van der Waals surface area contributed by atoms with Gasteiger partial charge in [-0.2, -0.15) is 0 Å². The van der Waals surface area contributed by atoms with Gasteiger partial charge in [-0.25, -0.2) is 0 Å². The standard InChI is InChI=1S/C16H22ClNO2/c1-2-15(12-6-5-7-13(17)10-12)18-9-4-3-8-14(18)11-16(19)20/h5-7,10,14-15H,2-4,8-9,11H2,1H3,(H,19,20). The zero-order chi connectivity index (χ0) is 14.5. The van der Waals surface area contributed by atoms with Crippen molar-refractivity contribution in [1.29, 1.82) is 0 Å². The topological polar surface area (TPSA) is 40.5 Å². The average Bonchev–Trinajstić information content (AvgIpc) is 2.41. The fourth-order valence-corrected chi connectivity index (χ4v) is 3.43. The quantitative estimate of drug-likeness (QED) is 0.888. The minimum absolute atomic E-state index is 0.144. The smallest absolute Gasteiger partial charge is 0.304 e. The number of rotatable bonds is 5. The van der Waals surface area contributed by atoms with Crippen molar-refractivity contribution in [1.82, 2.24) is 4.90 Å². The number of hydrogen-bond donors (Lipinski definition) is 1. The molecule has 0 saturated carbocycles. The van der Waals surface area contributed by atoms with Crippen LogP contribution in [0.5, 0.6) is 0 Å². The highest BCUT2D eigenvalue weighted by Gasteiger charge is 2.30. The van der Waals surface area contributed by atoms with Crippen molar-refractivity contribution in [3.05, 3.63) is 34.9 Å². The molecule has 20 heavy (non-hydrogen) atoms. The summed E-state index contributed by atoms with van der Waals surface area (Å²) in [4.78, 5) is 13.4. The Bertz CT molecular complexity index is 464. The summed E-state index contributed by atoms with van der Waals surface area (Å²) in [7, 11) is 0. The molecule has 110 valence electrons. The molecule has 1 aromatic carbocycles. The second kappa shape index (κ2) is 7.09. The number of carboxylic acid groups (broad SMARTS) is 1. The van der Waals surface area contributed by atoms with Crippen molar-refractivity contribution in [2.24, 2.45) is 0 Å². The average molecular weight is 296 g/mol. The third-order valence-corrected chi connectivity index (χ3v) is 4.34. The zero-order valence-corrected chi connectivity index (χ0v) is 12.6. The number of hydrogen-bond acceptors (Lipinski definition) is 2. The van der Waals surface area contributed by atoms with Crippen molar-refractivity contribution in [2.45, 2.75) is 51.1 Å². The Kier molecular flexibility index (Phi) is 5.44. The molecule has 1 N–H and O–H groups in total. The van der Waals surface area contributed by atoms with Crippen molar-refractivity contribution >= 4 is 17.6 Å². The second-order valence-corrected chi connectivity index (χ2v) is 5.90. The van der Waals surface area contributed by atoms with Gasteiger partial charge in [-0.15, -0.1) is 0 Å². The molecular weight excluding hydrogens is 274 g/mol. The van der Waals surface area contributed by atoms with Crippen LogP contribution in [0.1, 0.15) is 50.6 Å². The predicted molar refractivity (Wildman–Crippen MR) is 81.1 cm³/mol. The molecule has 0 bridgehead atoms. The number of carbonyl (C=O) groups is 1. The van der Waals surface area contributed by atoms with Crippen LogP contribution in [0.2, 0.25) is 5.02 Å². The van der Waals surface area contributed by atoms with Gasteiger partial charge in [0.05, 0.1) is 6.42 Å².